The summed E-state index contributed by atoms with van der Waals surface area (Å²) in [4.78, 5) is 0. The van der Waals surface area contributed by atoms with Crippen molar-refractivity contribution < 1.29 is 8.42 Å². The van der Waals surface area contributed by atoms with Crippen molar-refractivity contribution in [2.45, 2.75) is 58.4 Å². The van der Waals surface area contributed by atoms with Crippen LogP contribution in [0, 0.1) is 11.8 Å². The van der Waals surface area contributed by atoms with Gasteiger partial charge in [0.2, 0.25) is 10.0 Å². The monoisotopic (exact) mass is 312 g/mol. The number of sulfonamides is 1. The molecule has 0 aromatic heterocycles. The summed E-state index contributed by atoms with van der Waals surface area (Å²) in [5.74, 6) is 1.08. The van der Waals surface area contributed by atoms with Gasteiger partial charge in [-0.15, -0.1) is 12.4 Å². The van der Waals surface area contributed by atoms with Crippen molar-refractivity contribution in [2.75, 3.05) is 12.3 Å². The largest absolute Gasteiger partial charge is 0.329 e. The van der Waals surface area contributed by atoms with E-state index >= 15 is 0 Å². The molecule has 1 aliphatic rings. The first-order valence-corrected chi connectivity index (χ1v) is 8.78. The van der Waals surface area contributed by atoms with Crippen molar-refractivity contribution in [3.8, 4) is 0 Å². The molecule has 0 aliphatic heterocycles. The molecule has 0 heterocycles. The zero-order chi connectivity index (χ0) is 13.6. The molecule has 1 rings (SSSR count). The van der Waals surface area contributed by atoms with Crippen LogP contribution in [0.5, 0.6) is 0 Å². The number of hydrogen-bond donors (Lipinski definition) is 2. The van der Waals surface area contributed by atoms with Gasteiger partial charge >= 0.3 is 0 Å². The minimum Gasteiger partial charge on any atom is -0.329 e. The highest BCUT2D eigenvalue weighted by atomic mass is 35.5. The average molecular weight is 313 g/mol. The fourth-order valence-electron chi connectivity index (χ4n) is 2.73. The maximum atomic E-state index is 12.1. The van der Waals surface area contributed by atoms with Gasteiger partial charge in [0.15, 0.2) is 0 Å². The summed E-state index contributed by atoms with van der Waals surface area (Å²) in [6, 6.07) is -0.112. The Bertz CT molecular complexity index is 328. The van der Waals surface area contributed by atoms with Gasteiger partial charge in [-0.05, 0) is 31.1 Å². The summed E-state index contributed by atoms with van der Waals surface area (Å²) < 4.78 is 26.9. The zero-order valence-corrected chi connectivity index (χ0v) is 13.7. The highest BCUT2D eigenvalue weighted by Crippen LogP contribution is 2.24. The molecule has 0 bridgehead atoms. The summed E-state index contributed by atoms with van der Waals surface area (Å²) in [7, 11) is -3.17. The molecule has 19 heavy (non-hydrogen) atoms. The lowest BCUT2D eigenvalue weighted by Crippen LogP contribution is -2.43. The van der Waals surface area contributed by atoms with Crippen LogP contribution in [0.1, 0.15) is 52.4 Å². The van der Waals surface area contributed by atoms with Crippen LogP contribution in [-0.2, 0) is 10.0 Å². The second-order valence-corrected chi connectivity index (χ2v) is 7.76. The predicted molar refractivity (Wildman–Crippen MR) is 83.0 cm³/mol. The van der Waals surface area contributed by atoms with Gasteiger partial charge in [0, 0.05) is 12.6 Å². The SMILES string of the molecule is CC(C)CC(CN)NS(=O)(=O)CC1CCCCC1.Cl. The smallest absolute Gasteiger partial charge is 0.212 e. The standard InChI is InChI=1S/C13H28N2O2S.ClH/c1-11(2)8-13(9-14)15-18(16,17)10-12-6-4-3-5-7-12;/h11-13,15H,3-10,14H2,1-2H3;1H. The molecule has 0 aromatic carbocycles. The number of nitrogens with two attached hydrogens (primary N) is 1. The van der Waals surface area contributed by atoms with Crippen molar-refractivity contribution in [1.82, 2.24) is 4.72 Å². The second-order valence-electron chi connectivity index (χ2n) is 5.97. The van der Waals surface area contributed by atoms with Crippen molar-refractivity contribution in [2.24, 2.45) is 17.6 Å². The Balaban J connectivity index is 0.00000324. The molecule has 0 spiro atoms. The number of rotatable bonds is 7. The molecule has 3 N–H and O–H groups in total. The highest BCUT2D eigenvalue weighted by Gasteiger charge is 2.23. The molecule has 6 heteroatoms. The first-order chi connectivity index (χ1) is 8.43. The summed E-state index contributed by atoms with van der Waals surface area (Å²) in [5, 5.41) is 0. The molecule has 1 unspecified atom stereocenters. The Hall–Kier alpha value is 0.160. The lowest BCUT2D eigenvalue weighted by molar-refractivity contribution is 0.381. The van der Waals surface area contributed by atoms with E-state index in [2.05, 4.69) is 18.6 Å². The van der Waals surface area contributed by atoms with E-state index < -0.39 is 10.0 Å². The van der Waals surface area contributed by atoms with E-state index in [1.165, 1.54) is 19.3 Å². The Kier molecular flexibility index (Phi) is 9.24. The summed E-state index contributed by atoms with van der Waals surface area (Å²) >= 11 is 0. The Morgan fingerprint density at radius 3 is 2.26 bits per heavy atom. The molecule has 4 nitrogen and oxygen atoms in total. The van der Waals surface area contributed by atoms with E-state index in [0.717, 1.165) is 19.3 Å². The molecule has 1 atom stereocenters. The van der Waals surface area contributed by atoms with Crippen LogP contribution < -0.4 is 10.5 Å². The Morgan fingerprint density at radius 1 is 1.21 bits per heavy atom. The molecular formula is C13H29ClN2O2S. The van der Waals surface area contributed by atoms with Crippen LogP contribution in [0.25, 0.3) is 0 Å². The maximum Gasteiger partial charge on any atom is 0.212 e. The summed E-state index contributed by atoms with van der Waals surface area (Å²) in [5.41, 5.74) is 5.63. The molecule has 0 radical (unpaired) electrons. The third-order valence-corrected chi connectivity index (χ3v) is 5.17. The molecule has 1 aliphatic carbocycles. The van der Waals surface area contributed by atoms with Crippen molar-refractivity contribution in [3.05, 3.63) is 0 Å². The Labute approximate surface area is 124 Å². The van der Waals surface area contributed by atoms with Gasteiger partial charge in [-0.1, -0.05) is 33.1 Å². The normalized spacial score (nSPS) is 19.2. The molecule has 116 valence electrons. The van der Waals surface area contributed by atoms with Gasteiger partial charge in [0.1, 0.15) is 0 Å². The third kappa shape index (κ3) is 8.12. The van der Waals surface area contributed by atoms with Crippen molar-refractivity contribution >= 4 is 22.4 Å². The third-order valence-electron chi connectivity index (χ3n) is 3.57. The van der Waals surface area contributed by atoms with Gasteiger partial charge in [-0.3, -0.25) is 0 Å². The van der Waals surface area contributed by atoms with Crippen molar-refractivity contribution in [3.63, 3.8) is 0 Å². The summed E-state index contributed by atoms with van der Waals surface area (Å²) in [6.45, 7) is 4.54. The number of nitrogens with one attached hydrogen (secondary N) is 1. The van der Waals surface area contributed by atoms with Crippen LogP contribution >= 0.6 is 12.4 Å². The molecule has 0 amide bonds. The van der Waals surface area contributed by atoms with E-state index in [0.29, 0.717) is 18.4 Å². The van der Waals surface area contributed by atoms with Gasteiger partial charge in [-0.25, -0.2) is 13.1 Å². The van der Waals surface area contributed by atoms with E-state index in [4.69, 9.17) is 5.73 Å². The topological polar surface area (TPSA) is 72.2 Å². The minimum atomic E-state index is -3.17. The predicted octanol–water partition coefficient (Wildman–Crippen LogP) is 2.28. The van der Waals surface area contributed by atoms with Crippen LogP contribution in [0.15, 0.2) is 0 Å². The van der Waals surface area contributed by atoms with E-state index in [-0.39, 0.29) is 24.2 Å². The quantitative estimate of drug-likeness (QED) is 0.757. The fraction of sp³-hybridized carbons (Fsp3) is 1.00. The molecule has 1 fully saturated rings. The van der Waals surface area contributed by atoms with Crippen LogP contribution in [-0.4, -0.2) is 26.8 Å². The lowest BCUT2D eigenvalue weighted by Gasteiger charge is -2.24. The molecular weight excluding hydrogens is 284 g/mol. The molecule has 1 saturated carbocycles. The van der Waals surface area contributed by atoms with Crippen LogP contribution in [0.4, 0.5) is 0 Å². The average Bonchev–Trinajstić information content (AvgIpc) is 2.27. The van der Waals surface area contributed by atoms with Gasteiger partial charge in [0.25, 0.3) is 0 Å². The van der Waals surface area contributed by atoms with Gasteiger partial charge in [0.05, 0.1) is 5.75 Å². The molecule has 0 aromatic rings. The fourth-order valence-corrected chi connectivity index (χ4v) is 4.48. The Morgan fingerprint density at radius 2 is 1.79 bits per heavy atom. The van der Waals surface area contributed by atoms with E-state index in [9.17, 15) is 8.42 Å². The van der Waals surface area contributed by atoms with E-state index in [1.54, 1.807) is 0 Å². The molecule has 0 saturated heterocycles. The highest BCUT2D eigenvalue weighted by molar-refractivity contribution is 7.89. The maximum absolute atomic E-state index is 12.1. The van der Waals surface area contributed by atoms with Crippen LogP contribution in [0.2, 0.25) is 0 Å². The van der Waals surface area contributed by atoms with Crippen molar-refractivity contribution in [1.29, 1.82) is 0 Å². The van der Waals surface area contributed by atoms with Gasteiger partial charge < -0.3 is 5.73 Å². The van der Waals surface area contributed by atoms with Gasteiger partial charge in [-0.2, -0.15) is 0 Å². The first kappa shape index (κ1) is 19.2. The zero-order valence-electron chi connectivity index (χ0n) is 12.1. The van der Waals surface area contributed by atoms with Crippen LogP contribution in [0.3, 0.4) is 0 Å². The summed E-state index contributed by atoms with van der Waals surface area (Å²) in [6.07, 6.45) is 6.51. The van der Waals surface area contributed by atoms with E-state index in [1.807, 2.05) is 0 Å². The lowest BCUT2D eigenvalue weighted by atomic mass is 9.91. The minimum absolute atomic E-state index is 0. The number of halogens is 1. The number of hydrogen-bond acceptors (Lipinski definition) is 3. The second kappa shape index (κ2) is 9.16. The first-order valence-electron chi connectivity index (χ1n) is 7.13.